The van der Waals surface area contributed by atoms with Crippen molar-refractivity contribution in [2.45, 2.75) is 38.1 Å². The van der Waals surface area contributed by atoms with Crippen molar-refractivity contribution >= 4 is 29.1 Å². The zero-order valence-corrected chi connectivity index (χ0v) is 14.8. The number of hydrogen-bond donors (Lipinski definition) is 2. The Hall–Kier alpha value is -1.30. The van der Waals surface area contributed by atoms with Gasteiger partial charge in [-0.3, -0.25) is 4.79 Å². The molecular weight excluding hydrogens is 354 g/mol. The largest absolute Gasteiger partial charge is 0.483 e. The molecule has 1 saturated carbocycles. The Morgan fingerprint density at radius 2 is 1.92 bits per heavy atom. The Morgan fingerprint density at radius 3 is 2.50 bits per heavy atom. The first kappa shape index (κ1) is 19.0. The summed E-state index contributed by atoms with van der Waals surface area (Å²) >= 11 is 12.3. The number of carbonyl (C=O) groups is 1. The van der Waals surface area contributed by atoms with Crippen LogP contribution >= 0.6 is 23.2 Å². The van der Waals surface area contributed by atoms with Crippen LogP contribution in [0.4, 0.5) is 4.39 Å². The van der Waals surface area contributed by atoms with Gasteiger partial charge >= 0.3 is 0 Å². The second-order valence-electron chi connectivity index (χ2n) is 5.75. The molecule has 1 aromatic carbocycles. The fourth-order valence-corrected chi connectivity index (χ4v) is 3.27. The second-order valence-corrected chi connectivity index (χ2v) is 6.57. The second kappa shape index (κ2) is 9.25. The number of hydrogen-bond acceptors (Lipinski definition) is 3. The first-order valence-corrected chi connectivity index (χ1v) is 8.74. The van der Waals surface area contributed by atoms with Crippen molar-refractivity contribution in [2.75, 3.05) is 13.2 Å². The van der Waals surface area contributed by atoms with Crippen LogP contribution in [0.3, 0.4) is 0 Å². The number of amides is 1. The topological polar surface area (TPSA) is 64.3 Å². The van der Waals surface area contributed by atoms with Crippen molar-refractivity contribution in [3.05, 3.63) is 39.6 Å². The minimum Gasteiger partial charge on any atom is -0.483 e. The fraction of sp³-hybridized carbons (Fsp3) is 0.471. The van der Waals surface area contributed by atoms with E-state index in [0.29, 0.717) is 5.56 Å². The van der Waals surface area contributed by atoms with E-state index in [9.17, 15) is 9.18 Å². The highest BCUT2D eigenvalue weighted by molar-refractivity contribution is 6.37. The van der Waals surface area contributed by atoms with Crippen LogP contribution in [-0.2, 0) is 0 Å². The SMILES string of the molecule is NC/C=C(/F)COc1c(Cl)cc(C(=O)NC2CCCCC2)cc1Cl. The standard InChI is InChI=1S/C17H21Cl2FN2O2/c18-14-8-11(17(23)22-13-4-2-1-3-5-13)9-15(19)16(14)24-10-12(20)6-7-21/h6,8-9,13H,1-5,7,10,21H2,(H,22,23)/b12-6+. The molecule has 0 unspecified atom stereocenters. The van der Waals surface area contributed by atoms with Crippen molar-refractivity contribution < 1.29 is 13.9 Å². The summed E-state index contributed by atoms with van der Waals surface area (Å²) in [7, 11) is 0. The van der Waals surface area contributed by atoms with E-state index in [1.807, 2.05) is 0 Å². The quantitative estimate of drug-likeness (QED) is 0.782. The summed E-state index contributed by atoms with van der Waals surface area (Å²) in [6, 6.07) is 3.15. The van der Waals surface area contributed by atoms with Crippen molar-refractivity contribution in [1.29, 1.82) is 0 Å². The average Bonchev–Trinajstić information content (AvgIpc) is 2.55. The summed E-state index contributed by atoms with van der Waals surface area (Å²) < 4.78 is 18.6. The van der Waals surface area contributed by atoms with Gasteiger partial charge in [0, 0.05) is 18.2 Å². The van der Waals surface area contributed by atoms with E-state index < -0.39 is 5.83 Å². The van der Waals surface area contributed by atoms with Gasteiger partial charge in [0.25, 0.3) is 5.91 Å². The van der Waals surface area contributed by atoms with Gasteiger partial charge in [0.1, 0.15) is 12.4 Å². The van der Waals surface area contributed by atoms with Gasteiger partial charge in [0.05, 0.1) is 10.0 Å². The Labute approximate surface area is 151 Å². The van der Waals surface area contributed by atoms with Gasteiger partial charge < -0.3 is 15.8 Å². The van der Waals surface area contributed by atoms with E-state index in [4.69, 9.17) is 33.7 Å². The maximum absolute atomic E-state index is 13.3. The third kappa shape index (κ3) is 5.36. The number of nitrogens with two attached hydrogens (primary N) is 1. The lowest BCUT2D eigenvalue weighted by Crippen LogP contribution is -2.36. The Bertz CT molecular complexity index is 594. The molecule has 1 aromatic rings. The zero-order chi connectivity index (χ0) is 17.5. The molecular formula is C17H21Cl2FN2O2. The van der Waals surface area contributed by atoms with Gasteiger partial charge in [-0.15, -0.1) is 0 Å². The van der Waals surface area contributed by atoms with E-state index >= 15 is 0 Å². The van der Waals surface area contributed by atoms with Crippen LogP contribution in [0, 0.1) is 0 Å². The number of nitrogens with one attached hydrogen (secondary N) is 1. The highest BCUT2D eigenvalue weighted by Gasteiger charge is 2.19. The van der Waals surface area contributed by atoms with Gasteiger partial charge in [0.15, 0.2) is 5.75 Å². The van der Waals surface area contributed by atoms with Crippen LogP contribution in [-0.4, -0.2) is 25.1 Å². The van der Waals surface area contributed by atoms with Crippen molar-refractivity contribution in [2.24, 2.45) is 5.73 Å². The first-order chi connectivity index (χ1) is 11.5. The average molecular weight is 375 g/mol. The van der Waals surface area contributed by atoms with Crippen molar-refractivity contribution in [3.63, 3.8) is 0 Å². The molecule has 2 rings (SSSR count). The lowest BCUT2D eigenvalue weighted by molar-refractivity contribution is 0.0927. The van der Waals surface area contributed by atoms with Crippen LogP contribution < -0.4 is 15.8 Å². The van der Waals surface area contributed by atoms with Gasteiger partial charge in [0.2, 0.25) is 0 Å². The molecule has 0 radical (unpaired) electrons. The summed E-state index contributed by atoms with van der Waals surface area (Å²) in [5.74, 6) is -0.580. The van der Waals surface area contributed by atoms with Gasteiger partial charge in [-0.1, -0.05) is 42.5 Å². The lowest BCUT2D eigenvalue weighted by atomic mass is 9.95. The summed E-state index contributed by atoms with van der Waals surface area (Å²) in [6.07, 6.45) is 6.64. The van der Waals surface area contributed by atoms with Crippen molar-refractivity contribution in [3.8, 4) is 5.75 Å². The molecule has 1 fully saturated rings. The monoisotopic (exact) mass is 374 g/mol. The molecule has 0 heterocycles. The van der Waals surface area contributed by atoms with E-state index in [2.05, 4.69) is 5.32 Å². The molecule has 7 heteroatoms. The van der Waals surface area contributed by atoms with E-state index in [1.54, 1.807) is 0 Å². The minimum absolute atomic E-state index is 0.0803. The fourth-order valence-electron chi connectivity index (χ4n) is 2.67. The highest BCUT2D eigenvalue weighted by atomic mass is 35.5. The minimum atomic E-state index is -0.510. The Balaban J connectivity index is 2.04. The molecule has 1 aliphatic rings. The normalized spacial score (nSPS) is 16.1. The molecule has 0 aromatic heterocycles. The smallest absolute Gasteiger partial charge is 0.251 e. The molecule has 3 N–H and O–H groups in total. The molecule has 0 spiro atoms. The number of carbonyl (C=O) groups excluding carboxylic acids is 1. The van der Waals surface area contributed by atoms with Crippen LogP contribution in [0.2, 0.25) is 10.0 Å². The third-order valence-corrected chi connectivity index (χ3v) is 4.46. The van der Waals surface area contributed by atoms with Crippen LogP contribution in [0.1, 0.15) is 42.5 Å². The maximum Gasteiger partial charge on any atom is 0.251 e. The number of halogens is 3. The molecule has 0 bridgehead atoms. The molecule has 24 heavy (non-hydrogen) atoms. The summed E-state index contributed by atoms with van der Waals surface area (Å²) in [5.41, 5.74) is 5.58. The van der Waals surface area contributed by atoms with E-state index in [0.717, 1.165) is 25.7 Å². The summed E-state index contributed by atoms with van der Waals surface area (Å²) in [5, 5.41) is 3.32. The molecule has 0 atom stereocenters. The summed E-state index contributed by atoms with van der Waals surface area (Å²) in [6.45, 7) is -0.235. The van der Waals surface area contributed by atoms with Crippen LogP contribution in [0.25, 0.3) is 0 Å². The summed E-state index contributed by atoms with van der Waals surface area (Å²) in [4.78, 5) is 12.3. The molecule has 1 aliphatic carbocycles. The van der Waals surface area contributed by atoms with Crippen molar-refractivity contribution in [1.82, 2.24) is 5.32 Å². The third-order valence-electron chi connectivity index (χ3n) is 3.89. The van der Waals surface area contributed by atoms with Gasteiger partial charge in [-0.05, 0) is 31.1 Å². The number of ether oxygens (including phenoxy) is 1. The predicted octanol–water partition coefficient (Wildman–Crippen LogP) is 4.25. The molecule has 1 amide bonds. The molecule has 132 valence electrons. The van der Waals surface area contributed by atoms with Gasteiger partial charge in [-0.25, -0.2) is 4.39 Å². The van der Waals surface area contributed by atoms with E-state index in [1.165, 1.54) is 24.6 Å². The highest BCUT2D eigenvalue weighted by Crippen LogP contribution is 2.34. The zero-order valence-electron chi connectivity index (χ0n) is 13.3. The molecule has 0 saturated heterocycles. The Kier molecular flexibility index (Phi) is 7.34. The molecule has 4 nitrogen and oxygen atoms in total. The van der Waals surface area contributed by atoms with Crippen LogP contribution in [0.5, 0.6) is 5.75 Å². The Morgan fingerprint density at radius 1 is 1.29 bits per heavy atom. The lowest BCUT2D eigenvalue weighted by Gasteiger charge is -2.23. The number of benzene rings is 1. The first-order valence-electron chi connectivity index (χ1n) is 7.98. The predicted molar refractivity (Wildman–Crippen MR) is 94.5 cm³/mol. The maximum atomic E-state index is 13.3. The van der Waals surface area contributed by atoms with E-state index in [-0.39, 0.29) is 40.9 Å². The number of rotatable bonds is 6. The molecule has 0 aliphatic heterocycles. The van der Waals surface area contributed by atoms with Crippen LogP contribution in [0.15, 0.2) is 24.0 Å². The van der Waals surface area contributed by atoms with Gasteiger partial charge in [-0.2, -0.15) is 0 Å².